The van der Waals surface area contributed by atoms with Crippen molar-refractivity contribution in [1.29, 1.82) is 0 Å². The van der Waals surface area contributed by atoms with E-state index in [1.54, 1.807) is 0 Å². The van der Waals surface area contributed by atoms with Gasteiger partial charge in [-0.1, -0.05) is 20.3 Å². The van der Waals surface area contributed by atoms with Crippen LogP contribution in [0.1, 0.15) is 65.2 Å². The van der Waals surface area contributed by atoms with Gasteiger partial charge in [0.25, 0.3) is 0 Å². The fourth-order valence-electron chi connectivity index (χ4n) is 4.95. The van der Waals surface area contributed by atoms with Crippen LogP contribution in [0.3, 0.4) is 0 Å². The monoisotopic (exact) mass is 343 g/mol. The third-order valence-corrected chi connectivity index (χ3v) is 8.59. The Bertz CT molecular complexity index is 471. The van der Waals surface area contributed by atoms with Crippen molar-refractivity contribution in [3.05, 3.63) is 0 Å². The van der Waals surface area contributed by atoms with Crippen molar-refractivity contribution in [2.75, 3.05) is 12.3 Å². The zero-order chi connectivity index (χ0) is 17.0. The quantitative estimate of drug-likeness (QED) is 0.771. The maximum Gasteiger partial charge on any atom is 0.214 e. The van der Waals surface area contributed by atoms with E-state index in [1.807, 2.05) is 11.1 Å². The molecule has 3 rings (SSSR count). The first-order valence-electron chi connectivity index (χ1n) is 9.26. The van der Waals surface area contributed by atoms with Crippen LogP contribution in [0.15, 0.2) is 0 Å². The average molecular weight is 344 g/mol. The molecule has 0 aromatic rings. The van der Waals surface area contributed by atoms with Gasteiger partial charge in [-0.05, 0) is 68.6 Å². The van der Waals surface area contributed by atoms with Crippen LogP contribution in [0.25, 0.3) is 0 Å². The van der Waals surface area contributed by atoms with Gasteiger partial charge in [0.05, 0.1) is 5.75 Å². The zero-order valence-corrected chi connectivity index (χ0v) is 15.6. The summed E-state index contributed by atoms with van der Waals surface area (Å²) in [7, 11) is -2.91. The van der Waals surface area contributed by atoms with E-state index in [1.165, 1.54) is 32.1 Å². The molecule has 0 bridgehead atoms. The summed E-state index contributed by atoms with van der Waals surface area (Å²) in [5.74, 6) is 3.92. The van der Waals surface area contributed by atoms with Gasteiger partial charge in [-0.2, -0.15) is 4.31 Å². The van der Waals surface area contributed by atoms with Crippen LogP contribution in [0, 0.1) is 23.7 Å². The lowest BCUT2D eigenvalue weighted by Crippen LogP contribution is -2.40. The molecule has 0 amide bonds. The molecule has 0 spiro atoms. The van der Waals surface area contributed by atoms with E-state index >= 15 is 0 Å². The topological polar surface area (TPSA) is 54.5 Å². The summed E-state index contributed by atoms with van der Waals surface area (Å²) < 4.78 is 25.9. The van der Waals surface area contributed by atoms with Crippen LogP contribution in [0.4, 0.5) is 0 Å². The zero-order valence-electron chi connectivity index (χ0n) is 14.7. The van der Waals surface area contributed by atoms with Crippen LogP contribution in [0.2, 0.25) is 0 Å². The molecule has 3 unspecified atom stereocenters. The first-order chi connectivity index (χ1) is 11.0. The molecule has 3 fully saturated rings. The number of hydrogen-bond acceptors (Lipinski definition) is 3. The summed E-state index contributed by atoms with van der Waals surface area (Å²) in [5, 5.41) is 0. The number of nitrogens with zero attached hydrogens (tertiary/aromatic N) is 1. The maximum absolute atomic E-state index is 12.0. The molecule has 3 atom stereocenters. The normalized spacial score (nSPS) is 41.0. The molecule has 0 N–H and O–H groups in total. The third kappa shape index (κ3) is 4.36. The molecule has 1 heterocycles. The lowest BCUT2D eigenvalue weighted by molar-refractivity contribution is -0.0979. The summed E-state index contributed by atoms with van der Waals surface area (Å²) in [6, 6.07) is 0.314. The number of hydrogen-bond donors (Lipinski definition) is 0. The Kier molecular flexibility index (Phi) is 6.66. The van der Waals surface area contributed by atoms with E-state index in [-0.39, 0.29) is 0 Å². The molecule has 2 saturated carbocycles. The van der Waals surface area contributed by atoms with Crippen molar-refractivity contribution in [2.45, 2.75) is 71.3 Å². The van der Waals surface area contributed by atoms with Crippen molar-refractivity contribution in [1.82, 2.24) is 4.31 Å². The lowest BCUT2D eigenvalue weighted by atomic mass is 9.67. The predicted molar refractivity (Wildman–Crippen MR) is 93.6 cm³/mol. The van der Waals surface area contributed by atoms with E-state index in [2.05, 4.69) is 13.8 Å². The van der Waals surface area contributed by atoms with Crippen molar-refractivity contribution in [3.63, 3.8) is 0 Å². The fourth-order valence-corrected chi connectivity index (χ4v) is 6.75. The SMILES string of the molecule is C=O.CC1CCC(C2CCC(N3CCCS3(=O)=O)CC2)CC1C. The van der Waals surface area contributed by atoms with E-state index in [0.29, 0.717) is 11.8 Å². The second-order valence-electron chi connectivity index (χ2n) is 7.88. The first-order valence-corrected chi connectivity index (χ1v) is 10.9. The fraction of sp³-hybridized carbons (Fsp3) is 0.944. The minimum atomic E-state index is -2.91. The summed E-state index contributed by atoms with van der Waals surface area (Å²) in [6.07, 6.45) is 9.74. The second-order valence-corrected chi connectivity index (χ2v) is 9.92. The Morgan fingerprint density at radius 3 is 2.00 bits per heavy atom. The molecule has 23 heavy (non-hydrogen) atoms. The Morgan fingerprint density at radius 1 is 0.870 bits per heavy atom. The molecule has 4 nitrogen and oxygen atoms in total. The Hall–Kier alpha value is -0.420. The smallest absolute Gasteiger partial charge is 0.214 e. The minimum Gasteiger partial charge on any atom is -0.307 e. The van der Waals surface area contributed by atoms with Gasteiger partial charge in [0, 0.05) is 12.6 Å². The van der Waals surface area contributed by atoms with E-state index in [0.717, 1.165) is 49.5 Å². The van der Waals surface area contributed by atoms with E-state index < -0.39 is 10.0 Å². The molecule has 1 saturated heterocycles. The molecule has 134 valence electrons. The Labute approximate surface area is 142 Å². The van der Waals surface area contributed by atoms with Gasteiger partial charge in [-0.15, -0.1) is 0 Å². The molecule has 0 aromatic heterocycles. The van der Waals surface area contributed by atoms with Gasteiger partial charge in [-0.25, -0.2) is 8.42 Å². The number of rotatable bonds is 2. The number of carbonyl (C=O) groups excluding carboxylic acids is 1. The standard InChI is InChI=1S/C17H31NO2S.CH2O/c1-13-4-5-16(12-14(13)2)15-6-8-17(9-7-15)18-10-3-11-21(18,19)20;1-2/h13-17H,3-12H2,1-2H3;1H2. The maximum atomic E-state index is 12.0. The van der Waals surface area contributed by atoms with Crippen LogP contribution < -0.4 is 0 Å². The molecule has 0 radical (unpaired) electrons. The third-order valence-electron chi connectivity index (χ3n) is 6.59. The van der Waals surface area contributed by atoms with Gasteiger partial charge in [0.15, 0.2) is 0 Å². The summed E-state index contributed by atoms with van der Waals surface area (Å²) in [6.45, 7) is 7.59. The van der Waals surface area contributed by atoms with Crippen LogP contribution in [-0.2, 0) is 14.8 Å². The average Bonchev–Trinajstić information content (AvgIpc) is 2.91. The van der Waals surface area contributed by atoms with Crippen molar-refractivity contribution in [2.24, 2.45) is 23.7 Å². The summed E-state index contributed by atoms with van der Waals surface area (Å²) in [4.78, 5) is 8.00. The largest absolute Gasteiger partial charge is 0.307 e. The molecule has 5 heteroatoms. The van der Waals surface area contributed by atoms with Crippen molar-refractivity contribution < 1.29 is 13.2 Å². The molecule has 0 aromatic carbocycles. The lowest BCUT2D eigenvalue weighted by Gasteiger charge is -2.41. The van der Waals surface area contributed by atoms with Crippen LogP contribution >= 0.6 is 0 Å². The van der Waals surface area contributed by atoms with Crippen LogP contribution in [-0.4, -0.2) is 37.9 Å². The molecule has 1 aliphatic heterocycles. The molecule has 3 aliphatic rings. The highest BCUT2D eigenvalue weighted by Gasteiger charge is 2.38. The van der Waals surface area contributed by atoms with E-state index in [4.69, 9.17) is 4.79 Å². The molecule has 2 aliphatic carbocycles. The Morgan fingerprint density at radius 2 is 1.48 bits per heavy atom. The highest BCUT2D eigenvalue weighted by Crippen LogP contribution is 2.43. The van der Waals surface area contributed by atoms with Gasteiger partial charge in [0.1, 0.15) is 6.79 Å². The summed E-state index contributed by atoms with van der Waals surface area (Å²) >= 11 is 0. The van der Waals surface area contributed by atoms with E-state index in [9.17, 15) is 8.42 Å². The van der Waals surface area contributed by atoms with Gasteiger partial charge >= 0.3 is 0 Å². The minimum absolute atomic E-state index is 0.314. The van der Waals surface area contributed by atoms with Crippen molar-refractivity contribution in [3.8, 4) is 0 Å². The van der Waals surface area contributed by atoms with Gasteiger partial charge in [-0.3, -0.25) is 0 Å². The molecular weight excluding hydrogens is 310 g/mol. The number of carbonyl (C=O) groups is 1. The van der Waals surface area contributed by atoms with Crippen molar-refractivity contribution >= 4 is 16.8 Å². The molecular formula is C18H33NO3S. The number of sulfonamides is 1. The highest BCUT2D eigenvalue weighted by molar-refractivity contribution is 7.89. The first kappa shape index (κ1) is 18.9. The van der Waals surface area contributed by atoms with Crippen LogP contribution in [0.5, 0.6) is 0 Å². The summed E-state index contributed by atoms with van der Waals surface area (Å²) in [5.41, 5.74) is 0. The Balaban J connectivity index is 0.000000924. The predicted octanol–water partition coefficient (Wildman–Crippen LogP) is 3.47. The van der Waals surface area contributed by atoms with Gasteiger partial charge < -0.3 is 4.79 Å². The second kappa shape index (κ2) is 8.11. The van der Waals surface area contributed by atoms with Gasteiger partial charge in [0.2, 0.25) is 10.0 Å². The highest BCUT2D eigenvalue weighted by atomic mass is 32.2.